The fourth-order valence-electron chi connectivity index (χ4n) is 2.48. The van der Waals surface area contributed by atoms with Gasteiger partial charge in [0.1, 0.15) is 12.4 Å². The van der Waals surface area contributed by atoms with Crippen LogP contribution in [0.2, 0.25) is 0 Å². The van der Waals surface area contributed by atoms with Gasteiger partial charge in [0.2, 0.25) is 5.89 Å². The summed E-state index contributed by atoms with van der Waals surface area (Å²) in [6.07, 6.45) is 1.42. The number of hydrogen-bond acceptors (Lipinski definition) is 5. The van der Waals surface area contributed by atoms with Crippen molar-refractivity contribution >= 4 is 17.8 Å². The molecule has 3 rings (SSSR count). The van der Waals surface area contributed by atoms with E-state index in [4.69, 9.17) is 4.42 Å². The second-order valence-corrected chi connectivity index (χ2v) is 6.11. The number of hydrogen-bond donors (Lipinski definition) is 0. The minimum Gasteiger partial charge on any atom is -0.439 e. The van der Waals surface area contributed by atoms with Gasteiger partial charge in [0, 0.05) is 12.1 Å². The Bertz CT molecular complexity index is 829. The second-order valence-electron chi connectivity index (χ2n) is 6.11. The summed E-state index contributed by atoms with van der Waals surface area (Å²) >= 11 is 0. The highest BCUT2D eigenvalue weighted by Crippen LogP contribution is 2.23. The number of rotatable bonds is 5. The lowest BCUT2D eigenvalue weighted by Gasteiger charge is -2.16. The van der Waals surface area contributed by atoms with Gasteiger partial charge in [-0.15, -0.1) is 0 Å². The van der Waals surface area contributed by atoms with Crippen molar-refractivity contribution in [2.75, 3.05) is 6.54 Å². The van der Waals surface area contributed by atoms with Crippen LogP contribution >= 0.6 is 0 Å². The Balaban J connectivity index is 1.76. The van der Waals surface area contributed by atoms with Crippen molar-refractivity contribution in [1.82, 2.24) is 14.8 Å². The molecule has 1 aromatic carbocycles. The first kappa shape index (κ1) is 16.8. The van der Waals surface area contributed by atoms with Crippen molar-refractivity contribution in [3.63, 3.8) is 0 Å². The van der Waals surface area contributed by atoms with E-state index in [0.717, 1.165) is 9.80 Å². The van der Waals surface area contributed by atoms with Gasteiger partial charge in [0.15, 0.2) is 5.76 Å². The molecule has 0 N–H and O–H groups in total. The third-order valence-corrected chi connectivity index (χ3v) is 3.66. The van der Waals surface area contributed by atoms with Gasteiger partial charge in [0.05, 0.1) is 6.20 Å². The highest BCUT2D eigenvalue weighted by atomic mass is 19.1. The maximum absolute atomic E-state index is 13.0. The molecular weight excluding hydrogens is 329 g/mol. The molecule has 2 heterocycles. The van der Waals surface area contributed by atoms with Crippen molar-refractivity contribution < 1.29 is 23.2 Å². The molecule has 0 spiro atoms. The van der Waals surface area contributed by atoms with Crippen molar-refractivity contribution in [3.8, 4) is 11.3 Å². The largest absolute Gasteiger partial charge is 0.439 e. The summed E-state index contributed by atoms with van der Waals surface area (Å²) in [7, 11) is 0. The van der Waals surface area contributed by atoms with Crippen LogP contribution < -0.4 is 0 Å². The fraction of sp³-hybridized carbons (Fsp3) is 0.294. The smallest absolute Gasteiger partial charge is 0.334 e. The number of amides is 4. The topological polar surface area (TPSA) is 83.7 Å². The molecule has 0 radical (unpaired) electrons. The van der Waals surface area contributed by atoms with Gasteiger partial charge in [-0.1, -0.05) is 13.8 Å². The fourth-order valence-corrected chi connectivity index (χ4v) is 2.48. The molecule has 0 saturated carbocycles. The van der Waals surface area contributed by atoms with E-state index in [9.17, 15) is 18.8 Å². The number of oxazole rings is 1. The van der Waals surface area contributed by atoms with Crippen LogP contribution in [-0.2, 0) is 16.1 Å². The number of nitrogens with zero attached hydrogens (tertiary/aromatic N) is 3. The number of aromatic nitrogens is 1. The van der Waals surface area contributed by atoms with E-state index in [1.807, 2.05) is 13.8 Å². The van der Waals surface area contributed by atoms with E-state index in [1.165, 1.54) is 30.5 Å². The van der Waals surface area contributed by atoms with Crippen molar-refractivity contribution in [1.29, 1.82) is 0 Å². The average molecular weight is 345 g/mol. The molecule has 0 bridgehead atoms. The first-order chi connectivity index (χ1) is 11.9. The predicted octanol–water partition coefficient (Wildman–Crippen LogP) is 2.43. The predicted molar refractivity (Wildman–Crippen MR) is 84.4 cm³/mol. The van der Waals surface area contributed by atoms with Crippen LogP contribution in [0.25, 0.3) is 11.3 Å². The summed E-state index contributed by atoms with van der Waals surface area (Å²) in [6, 6.07) is 4.95. The van der Waals surface area contributed by atoms with Crippen molar-refractivity contribution in [3.05, 3.63) is 42.2 Å². The summed E-state index contributed by atoms with van der Waals surface area (Å²) in [5.41, 5.74) is 0.608. The zero-order valence-corrected chi connectivity index (χ0v) is 13.7. The SMILES string of the molecule is CC(C)CN1C(=O)C(=O)N(Cc2ncc(-c3ccc(F)cc3)o2)C1=O. The van der Waals surface area contributed by atoms with E-state index in [0.29, 0.717) is 11.3 Å². The van der Waals surface area contributed by atoms with Gasteiger partial charge >= 0.3 is 17.8 Å². The molecule has 1 saturated heterocycles. The molecule has 0 aliphatic carbocycles. The normalized spacial score (nSPS) is 15.0. The van der Waals surface area contributed by atoms with Gasteiger partial charge < -0.3 is 4.42 Å². The first-order valence-electron chi connectivity index (χ1n) is 7.74. The summed E-state index contributed by atoms with van der Waals surface area (Å²) in [6.45, 7) is 3.62. The van der Waals surface area contributed by atoms with Crippen LogP contribution in [-0.4, -0.2) is 39.2 Å². The molecule has 25 heavy (non-hydrogen) atoms. The second kappa shape index (κ2) is 6.46. The number of carbonyl (C=O) groups excluding carboxylic acids is 3. The number of imide groups is 2. The van der Waals surface area contributed by atoms with Crippen molar-refractivity contribution in [2.24, 2.45) is 5.92 Å². The van der Waals surface area contributed by atoms with E-state index >= 15 is 0 Å². The van der Waals surface area contributed by atoms with Crippen molar-refractivity contribution in [2.45, 2.75) is 20.4 Å². The van der Waals surface area contributed by atoms with Gasteiger partial charge in [-0.2, -0.15) is 0 Å². The van der Waals surface area contributed by atoms with Crippen LogP contribution in [0.4, 0.5) is 9.18 Å². The summed E-state index contributed by atoms with van der Waals surface area (Å²) in [4.78, 5) is 42.0. The lowest BCUT2D eigenvalue weighted by Crippen LogP contribution is -2.35. The van der Waals surface area contributed by atoms with Gasteiger partial charge in [-0.3, -0.25) is 14.5 Å². The van der Waals surface area contributed by atoms with Crippen LogP contribution in [0.3, 0.4) is 0 Å². The average Bonchev–Trinajstić information content (AvgIpc) is 3.11. The minimum absolute atomic E-state index is 0.0486. The van der Waals surface area contributed by atoms with E-state index in [2.05, 4.69) is 4.98 Å². The third kappa shape index (κ3) is 3.28. The molecular formula is C17H16FN3O4. The molecule has 1 fully saturated rings. The molecule has 1 aromatic heterocycles. The Labute approximate surface area is 143 Å². The van der Waals surface area contributed by atoms with Crippen LogP contribution in [0.1, 0.15) is 19.7 Å². The van der Waals surface area contributed by atoms with E-state index < -0.39 is 17.8 Å². The molecule has 0 unspecified atom stereocenters. The molecule has 0 atom stereocenters. The summed E-state index contributed by atoms with van der Waals surface area (Å²) in [5, 5.41) is 0. The molecule has 130 valence electrons. The maximum Gasteiger partial charge on any atom is 0.334 e. The Hall–Kier alpha value is -3.03. The number of urea groups is 1. The molecule has 2 aromatic rings. The quantitative estimate of drug-likeness (QED) is 0.614. The Morgan fingerprint density at radius 2 is 1.72 bits per heavy atom. The standard InChI is InChI=1S/C17H16FN3O4/c1-10(2)8-20-15(22)16(23)21(17(20)24)9-14-19-7-13(25-14)11-3-5-12(18)6-4-11/h3-7,10H,8-9H2,1-2H3. The zero-order chi connectivity index (χ0) is 18.1. The highest BCUT2D eigenvalue weighted by Gasteiger charge is 2.45. The van der Waals surface area contributed by atoms with E-state index in [1.54, 1.807) is 0 Å². The van der Waals surface area contributed by atoms with Gasteiger partial charge in [-0.05, 0) is 30.2 Å². The maximum atomic E-state index is 13.0. The third-order valence-electron chi connectivity index (χ3n) is 3.66. The van der Waals surface area contributed by atoms with Crippen LogP contribution in [0.5, 0.6) is 0 Å². The summed E-state index contributed by atoms with van der Waals surface area (Å²) in [5.74, 6) is -1.58. The lowest BCUT2D eigenvalue weighted by atomic mass is 10.2. The lowest BCUT2D eigenvalue weighted by molar-refractivity contribution is -0.143. The Morgan fingerprint density at radius 1 is 1.08 bits per heavy atom. The number of halogens is 1. The summed E-state index contributed by atoms with van der Waals surface area (Å²) < 4.78 is 18.5. The molecule has 1 aliphatic rings. The minimum atomic E-state index is -0.896. The highest BCUT2D eigenvalue weighted by molar-refractivity contribution is 6.44. The monoisotopic (exact) mass is 345 g/mol. The molecule has 7 nitrogen and oxygen atoms in total. The Morgan fingerprint density at radius 3 is 2.36 bits per heavy atom. The van der Waals surface area contributed by atoms with E-state index in [-0.39, 0.29) is 30.7 Å². The molecule has 1 aliphatic heterocycles. The number of benzene rings is 1. The Kier molecular flexibility index (Phi) is 4.35. The number of carbonyl (C=O) groups is 3. The molecule has 4 amide bonds. The van der Waals surface area contributed by atoms with Crippen LogP contribution in [0.15, 0.2) is 34.9 Å². The van der Waals surface area contributed by atoms with Gasteiger partial charge in [0.25, 0.3) is 0 Å². The zero-order valence-electron chi connectivity index (χ0n) is 13.7. The van der Waals surface area contributed by atoms with Gasteiger partial charge in [-0.25, -0.2) is 19.1 Å². The molecule has 8 heteroatoms. The van der Waals surface area contributed by atoms with Crippen LogP contribution in [0, 0.1) is 11.7 Å². The first-order valence-corrected chi connectivity index (χ1v) is 7.74.